The predicted octanol–water partition coefficient (Wildman–Crippen LogP) is 4.84. The number of phenols is 1. The highest BCUT2D eigenvalue weighted by Crippen LogP contribution is 2.17. The summed E-state index contributed by atoms with van der Waals surface area (Å²) in [5.74, 6) is -0.814. The zero-order chi connectivity index (χ0) is 17.2. The van der Waals surface area contributed by atoms with Gasteiger partial charge in [0.05, 0.1) is 0 Å². The van der Waals surface area contributed by atoms with Crippen molar-refractivity contribution in [2.24, 2.45) is 0 Å². The van der Waals surface area contributed by atoms with Crippen molar-refractivity contribution in [2.45, 2.75) is 0 Å². The molecule has 3 aromatic rings. The highest BCUT2D eigenvalue weighted by Gasteiger charge is 1.92. The third-order valence-electron chi connectivity index (χ3n) is 3.19. The molecular weight excluding hydrogens is 300 g/mol. The Balaban J connectivity index is 0.000000174. The number of carbonyl (C=O) groups is 1. The van der Waals surface area contributed by atoms with E-state index in [0.29, 0.717) is 0 Å². The van der Waals surface area contributed by atoms with E-state index in [1.807, 2.05) is 12.1 Å². The molecule has 0 heterocycles. The number of hydrogen-bond acceptors (Lipinski definition) is 2. The van der Waals surface area contributed by atoms with Crippen LogP contribution in [0.5, 0.6) is 5.75 Å². The quantitative estimate of drug-likeness (QED) is 0.679. The lowest BCUT2D eigenvalue weighted by Crippen LogP contribution is -1.85. The molecular formula is C21H18O3. The molecule has 3 nitrogen and oxygen atoms in total. The summed E-state index contributed by atoms with van der Waals surface area (Å²) in [6, 6.07) is 27.1. The number of aromatic hydroxyl groups is 1. The molecule has 0 saturated carbocycles. The zero-order valence-corrected chi connectivity index (χ0v) is 13.0. The predicted molar refractivity (Wildman–Crippen MR) is 96.7 cm³/mol. The van der Waals surface area contributed by atoms with Crippen LogP contribution in [-0.2, 0) is 4.79 Å². The van der Waals surface area contributed by atoms with E-state index >= 15 is 0 Å². The Hall–Kier alpha value is -3.33. The van der Waals surface area contributed by atoms with Crippen LogP contribution in [0.3, 0.4) is 0 Å². The summed E-state index contributed by atoms with van der Waals surface area (Å²) in [4.78, 5) is 10.1. The number of rotatable bonds is 3. The molecule has 0 aliphatic heterocycles. The van der Waals surface area contributed by atoms with E-state index in [0.717, 1.165) is 11.6 Å². The van der Waals surface area contributed by atoms with Gasteiger partial charge in [-0.3, -0.25) is 0 Å². The molecule has 0 aliphatic rings. The molecule has 3 heteroatoms. The van der Waals surface area contributed by atoms with E-state index in [4.69, 9.17) is 10.2 Å². The van der Waals surface area contributed by atoms with Gasteiger partial charge >= 0.3 is 5.97 Å². The van der Waals surface area contributed by atoms with Crippen molar-refractivity contribution in [2.75, 3.05) is 0 Å². The van der Waals surface area contributed by atoms with Gasteiger partial charge < -0.3 is 10.2 Å². The molecule has 0 aromatic heterocycles. The molecule has 0 atom stereocenters. The van der Waals surface area contributed by atoms with Crippen molar-refractivity contribution >= 4 is 12.0 Å². The van der Waals surface area contributed by atoms with Gasteiger partial charge in [-0.1, -0.05) is 72.8 Å². The van der Waals surface area contributed by atoms with Gasteiger partial charge in [0, 0.05) is 6.08 Å². The van der Waals surface area contributed by atoms with Crippen LogP contribution in [0.4, 0.5) is 0 Å². The number of carboxylic acids is 1. The zero-order valence-electron chi connectivity index (χ0n) is 13.0. The van der Waals surface area contributed by atoms with E-state index in [2.05, 4.69) is 48.5 Å². The average molecular weight is 318 g/mol. The minimum atomic E-state index is -0.983. The molecule has 2 N–H and O–H groups in total. The second-order valence-corrected chi connectivity index (χ2v) is 5.00. The van der Waals surface area contributed by atoms with Crippen molar-refractivity contribution in [1.29, 1.82) is 0 Å². The lowest BCUT2D eigenvalue weighted by atomic mass is 10.1. The van der Waals surface area contributed by atoms with Crippen molar-refractivity contribution in [1.82, 2.24) is 0 Å². The van der Waals surface area contributed by atoms with Gasteiger partial charge in [-0.05, 0) is 34.9 Å². The summed E-state index contributed by atoms with van der Waals surface area (Å²) >= 11 is 0. The molecule has 0 saturated heterocycles. The van der Waals surface area contributed by atoms with E-state index in [-0.39, 0.29) is 5.75 Å². The average Bonchev–Trinajstić information content (AvgIpc) is 2.63. The lowest BCUT2D eigenvalue weighted by molar-refractivity contribution is -0.131. The molecule has 0 spiro atoms. The number of carboxylic acid groups (broad SMARTS) is 1. The molecule has 3 aromatic carbocycles. The SMILES string of the molecule is O=C(O)/C=C/c1ccc(O)cc1.c1ccc(-c2ccccc2)cc1. The topological polar surface area (TPSA) is 57.5 Å². The third kappa shape index (κ3) is 5.81. The third-order valence-corrected chi connectivity index (χ3v) is 3.19. The second-order valence-electron chi connectivity index (χ2n) is 5.00. The number of benzene rings is 3. The standard InChI is InChI=1S/C12H10.C9H8O3/c1-3-7-11(8-4-1)12-9-5-2-6-10-12;10-8-4-1-7(2-5-8)3-6-9(11)12/h1-10H;1-6,10H,(H,11,12)/b;6-3+. The number of phenolic OH excluding ortho intramolecular Hbond substituents is 1. The summed E-state index contributed by atoms with van der Waals surface area (Å²) in [5.41, 5.74) is 3.30. The molecule has 24 heavy (non-hydrogen) atoms. The fraction of sp³-hybridized carbons (Fsp3) is 0. The summed E-state index contributed by atoms with van der Waals surface area (Å²) in [6.45, 7) is 0. The van der Waals surface area contributed by atoms with Crippen LogP contribution in [0.1, 0.15) is 5.56 Å². The van der Waals surface area contributed by atoms with Crippen LogP contribution in [0.15, 0.2) is 91.0 Å². The Morgan fingerprint density at radius 2 is 1.17 bits per heavy atom. The summed E-state index contributed by atoms with van der Waals surface area (Å²) in [6.07, 6.45) is 2.51. The molecule has 0 amide bonds. The maximum absolute atomic E-state index is 10.1. The van der Waals surface area contributed by atoms with Crippen LogP contribution in [0, 0.1) is 0 Å². The molecule has 0 radical (unpaired) electrons. The fourth-order valence-electron chi connectivity index (χ4n) is 2.01. The first-order chi connectivity index (χ1) is 11.6. The molecule has 0 fully saturated rings. The van der Waals surface area contributed by atoms with Crippen LogP contribution >= 0.6 is 0 Å². The Kier molecular flexibility index (Phi) is 6.35. The molecule has 120 valence electrons. The minimum Gasteiger partial charge on any atom is -0.508 e. The van der Waals surface area contributed by atoms with Gasteiger partial charge in [-0.25, -0.2) is 4.79 Å². The van der Waals surface area contributed by atoms with Crippen molar-refractivity contribution in [3.63, 3.8) is 0 Å². The van der Waals surface area contributed by atoms with E-state index in [1.165, 1.54) is 29.3 Å². The number of hydrogen-bond donors (Lipinski definition) is 2. The van der Waals surface area contributed by atoms with Gasteiger partial charge in [0.2, 0.25) is 0 Å². The monoisotopic (exact) mass is 318 g/mol. The Morgan fingerprint density at radius 3 is 1.58 bits per heavy atom. The first kappa shape index (κ1) is 17.0. The van der Waals surface area contributed by atoms with Gasteiger partial charge in [0.25, 0.3) is 0 Å². The van der Waals surface area contributed by atoms with E-state index < -0.39 is 5.97 Å². The second kappa shape index (κ2) is 8.96. The Bertz CT molecular complexity index is 739. The van der Waals surface area contributed by atoms with Crippen LogP contribution in [0.25, 0.3) is 17.2 Å². The maximum Gasteiger partial charge on any atom is 0.328 e. The molecule has 0 unspecified atom stereocenters. The lowest BCUT2D eigenvalue weighted by Gasteiger charge is -1.98. The van der Waals surface area contributed by atoms with E-state index in [1.54, 1.807) is 12.1 Å². The first-order valence-electron chi connectivity index (χ1n) is 7.45. The molecule has 3 rings (SSSR count). The summed E-state index contributed by atoms with van der Waals surface area (Å²) in [7, 11) is 0. The normalized spacial score (nSPS) is 10.0. The van der Waals surface area contributed by atoms with Crippen molar-refractivity contribution in [3.8, 4) is 16.9 Å². The largest absolute Gasteiger partial charge is 0.508 e. The van der Waals surface area contributed by atoms with E-state index in [9.17, 15) is 4.79 Å². The van der Waals surface area contributed by atoms with Gasteiger partial charge in [0.15, 0.2) is 0 Å². The van der Waals surface area contributed by atoms with Gasteiger partial charge in [-0.15, -0.1) is 0 Å². The maximum atomic E-state index is 10.1. The van der Waals surface area contributed by atoms with Crippen LogP contribution in [0.2, 0.25) is 0 Å². The highest BCUT2D eigenvalue weighted by molar-refractivity contribution is 5.85. The Labute approximate surface area is 141 Å². The fourth-order valence-corrected chi connectivity index (χ4v) is 2.01. The highest BCUT2D eigenvalue weighted by atomic mass is 16.4. The molecule has 0 bridgehead atoms. The minimum absolute atomic E-state index is 0.169. The smallest absolute Gasteiger partial charge is 0.328 e. The van der Waals surface area contributed by atoms with Crippen molar-refractivity contribution < 1.29 is 15.0 Å². The van der Waals surface area contributed by atoms with Crippen LogP contribution < -0.4 is 0 Å². The van der Waals surface area contributed by atoms with Gasteiger partial charge in [-0.2, -0.15) is 0 Å². The summed E-state index contributed by atoms with van der Waals surface area (Å²) in [5, 5.41) is 17.2. The number of aliphatic carboxylic acids is 1. The Morgan fingerprint density at radius 1 is 0.708 bits per heavy atom. The van der Waals surface area contributed by atoms with Crippen molar-refractivity contribution in [3.05, 3.63) is 96.6 Å². The van der Waals surface area contributed by atoms with Gasteiger partial charge in [0.1, 0.15) is 5.75 Å². The van der Waals surface area contributed by atoms with Crippen LogP contribution in [-0.4, -0.2) is 16.2 Å². The summed E-state index contributed by atoms with van der Waals surface area (Å²) < 4.78 is 0. The first-order valence-corrected chi connectivity index (χ1v) is 7.45. The molecule has 0 aliphatic carbocycles.